The smallest absolute Gasteiger partial charge is 0.0914 e. The maximum absolute atomic E-state index is 9.55. The van der Waals surface area contributed by atoms with E-state index >= 15 is 0 Å². The molecule has 0 heterocycles. The van der Waals surface area contributed by atoms with E-state index in [4.69, 9.17) is 5.73 Å². The average molecular weight is 199 g/mol. The molecule has 1 aliphatic carbocycles. The van der Waals surface area contributed by atoms with Gasteiger partial charge in [0.15, 0.2) is 0 Å². The Morgan fingerprint density at radius 1 is 1.43 bits per heavy atom. The fraction of sp³-hybridized carbons (Fsp3) is 0.833. The van der Waals surface area contributed by atoms with E-state index in [0.717, 1.165) is 32.2 Å². The monoisotopic (exact) mass is 199 g/mol. The van der Waals surface area contributed by atoms with Crippen molar-refractivity contribution in [2.75, 3.05) is 6.54 Å². The molecule has 0 aromatic rings. The molecule has 0 spiro atoms. The molecule has 0 saturated heterocycles. The Bertz CT molecular complexity index is 169. The molecule has 0 aromatic heterocycles. The van der Waals surface area contributed by atoms with Crippen LogP contribution in [-0.2, 0) is 0 Å². The number of aliphatic hydroxyl groups excluding tert-OH is 1. The molecule has 1 rings (SSSR count). The predicted molar refractivity (Wildman–Crippen MR) is 62.3 cm³/mol. The van der Waals surface area contributed by atoms with Crippen LogP contribution in [0.15, 0.2) is 11.3 Å². The Morgan fingerprint density at radius 3 is 2.36 bits per heavy atom. The summed E-state index contributed by atoms with van der Waals surface area (Å²) in [5.74, 6) is 1.18. The van der Waals surface area contributed by atoms with Crippen LogP contribution < -0.4 is 5.73 Å². The van der Waals surface area contributed by atoms with Crippen molar-refractivity contribution in [2.24, 2.45) is 11.7 Å². The van der Waals surface area contributed by atoms with Gasteiger partial charge in [0.25, 0.3) is 0 Å². The van der Waals surface area contributed by atoms with Crippen molar-refractivity contribution in [3.05, 3.63) is 11.3 Å². The summed E-state index contributed by atoms with van der Waals surface area (Å²) in [4.78, 5) is 0. The topological polar surface area (TPSA) is 46.2 Å². The summed E-state index contributed by atoms with van der Waals surface area (Å²) in [5, 5.41) is 9.55. The molecule has 0 bridgehead atoms. The third kappa shape index (κ3) is 4.66. The molecule has 1 fully saturated rings. The summed E-state index contributed by atoms with van der Waals surface area (Å²) in [5.41, 5.74) is 6.76. The van der Waals surface area contributed by atoms with Gasteiger partial charge in [0.05, 0.1) is 5.76 Å². The molecule has 1 atom stereocenters. The van der Waals surface area contributed by atoms with Crippen LogP contribution in [0.4, 0.5) is 0 Å². The highest BCUT2D eigenvalue weighted by Gasteiger charge is 2.14. The number of allylic oxidation sites excluding steroid dienone is 2. The first kappa shape index (κ1) is 13.5. The molecule has 0 aromatic carbocycles. The summed E-state index contributed by atoms with van der Waals surface area (Å²) >= 11 is 0. The minimum absolute atomic E-state index is 0.535. The van der Waals surface area contributed by atoms with Crippen LogP contribution >= 0.6 is 0 Å². The largest absolute Gasteiger partial charge is 0.512 e. The fourth-order valence-electron chi connectivity index (χ4n) is 1.32. The number of aliphatic hydroxyl groups is 1. The van der Waals surface area contributed by atoms with Crippen LogP contribution in [0.1, 0.15) is 52.9 Å². The minimum atomic E-state index is 0.535. The van der Waals surface area contributed by atoms with Gasteiger partial charge in [0.1, 0.15) is 0 Å². The second-order valence-corrected chi connectivity index (χ2v) is 3.78. The van der Waals surface area contributed by atoms with E-state index in [1.165, 1.54) is 12.0 Å². The van der Waals surface area contributed by atoms with Crippen LogP contribution in [0.2, 0.25) is 0 Å². The number of hydrogen-bond donors (Lipinski definition) is 2. The van der Waals surface area contributed by atoms with Gasteiger partial charge in [0.2, 0.25) is 0 Å². The van der Waals surface area contributed by atoms with Gasteiger partial charge in [-0.05, 0) is 43.7 Å². The average Bonchev–Trinajstić information content (AvgIpc) is 2.14. The maximum atomic E-state index is 9.55. The molecule has 1 aliphatic rings. The highest BCUT2D eigenvalue weighted by Crippen LogP contribution is 2.29. The zero-order chi connectivity index (χ0) is 11.0. The first-order valence-electron chi connectivity index (χ1n) is 5.84. The molecule has 14 heavy (non-hydrogen) atoms. The van der Waals surface area contributed by atoms with E-state index in [0.29, 0.717) is 11.7 Å². The molecule has 0 amide bonds. The Hall–Kier alpha value is -0.500. The van der Waals surface area contributed by atoms with Gasteiger partial charge in [-0.3, -0.25) is 0 Å². The summed E-state index contributed by atoms with van der Waals surface area (Å²) in [7, 11) is 0. The molecule has 0 aliphatic heterocycles. The first-order chi connectivity index (χ1) is 6.74. The van der Waals surface area contributed by atoms with E-state index in [-0.39, 0.29) is 0 Å². The van der Waals surface area contributed by atoms with E-state index in [9.17, 15) is 5.11 Å². The normalized spacial score (nSPS) is 16.4. The van der Waals surface area contributed by atoms with Crippen molar-refractivity contribution in [1.82, 2.24) is 0 Å². The van der Waals surface area contributed by atoms with Gasteiger partial charge in [-0.25, -0.2) is 0 Å². The lowest BCUT2D eigenvalue weighted by Gasteiger charge is -2.19. The standard InChI is InChI=1S/C10H19NO.C2H6/c1-8(7-11)5-6-10(12)9-3-2-4-9;1-2/h8,12H,2-7,11H2,1H3;1-2H3. The minimum Gasteiger partial charge on any atom is -0.512 e. The fourth-order valence-corrected chi connectivity index (χ4v) is 1.32. The molecular formula is C12H25NO. The molecular weight excluding hydrogens is 174 g/mol. The van der Waals surface area contributed by atoms with Crippen LogP contribution in [0.25, 0.3) is 0 Å². The van der Waals surface area contributed by atoms with Crippen molar-refractivity contribution in [3.63, 3.8) is 0 Å². The maximum Gasteiger partial charge on any atom is 0.0914 e. The number of nitrogens with two attached hydrogens (primary N) is 1. The van der Waals surface area contributed by atoms with Crippen LogP contribution in [0.3, 0.4) is 0 Å². The molecule has 2 nitrogen and oxygen atoms in total. The van der Waals surface area contributed by atoms with Gasteiger partial charge in [0, 0.05) is 6.42 Å². The molecule has 0 radical (unpaired) electrons. The zero-order valence-electron chi connectivity index (χ0n) is 9.84. The van der Waals surface area contributed by atoms with Crippen molar-refractivity contribution in [1.29, 1.82) is 0 Å². The molecule has 1 unspecified atom stereocenters. The second-order valence-electron chi connectivity index (χ2n) is 3.78. The van der Waals surface area contributed by atoms with Gasteiger partial charge in [-0.2, -0.15) is 0 Å². The lowest BCUT2D eigenvalue weighted by Crippen LogP contribution is -2.11. The van der Waals surface area contributed by atoms with Crippen molar-refractivity contribution in [3.8, 4) is 0 Å². The van der Waals surface area contributed by atoms with Crippen molar-refractivity contribution >= 4 is 0 Å². The molecule has 3 N–H and O–H groups in total. The van der Waals surface area contributed by atoms with Crippen molar-refractivity contribution in [2.45, 2.75) is 52.9 Å². The highest BCUT2D eigenvalue weighted by molar-refractivity contribution is 5.13. The second kappa shape index (κ2) is 7.86. The van der Waals surface area contributed by atoms with E-state index in [1.807, 2.05) is 13.8 Å². The van der Waals surface area contributed by atoms with E-state index in [1.54, 1.807) is 0 Å². The van der Waals surface area contributed by atoms with E-state index < -0.39 is 0 Å². The lowest BCUT2D eigenvalue weighted by atomic mass is 9.89. The zero-order valence-corrected chi connectivity index (χ0v) is 9.84. The van der Waals surface area contributed by atoms with Gasteiger partial charge in [-0.1, -0.05) is 20.8 Å². The third-order valence-corrected chi connectivity index (χ3v) is 2.64. The molecule has 1 saturated carbocycles. The summed E-state index contributed by atoms with van der Waals surface area (Å²) in [6.45, 7) is 6.85. The predicted octanol–water partition coefficient (Wildman–Crippen LogP) is 3.38. The Morgan fingerprint density at radius 2 is 2.00 bits per heavy atom. The summed E-state index contributed by atoms with van der Waals surface area (Å²) in [6.07, 6.45) is 5.33. The first-order valence-corrected chi connectivity index (χ1v) is 5.84. The summed E-state index contributed by atoms with van der Waals surface area (Å²) < 4.78 is 0. The molecule has 2 heteroatoms. The third-order valence-electron chi connectivity index (χ3n) is 2.64. The van der Waals surface area contributed by atoms with Crippen molar-refractivity contribution < 1.29 is 5.11 Å². The summed E-state index contributed by atoms with van der Waals surface area (Å²) in [6, 6.07) is 0. The quantitative estimate of drug-likeness (QED) is 0.682. The van der Waals surface area contributed by atoms with Crippen LogP contribution in [0.5, 0.6) is 0 Å². The molecule has 84 valence electrons. The Balaban J connectivity index is 0.000000791. The van der Waals surface area contributed by atoms with Gasteiger partial charge >= 0.3 is 0 Å². The van der Waals surface area contributed by atoms with Gasteiger partial charge < -0.3 is 10.8 Å². The Kier molecular flexibility index (Phi) is 7.58. The Labute approximate surface area is 88.2 Å². The number of hydrogen-bond acceptors (Lipinski definition) is 2. The van der Waals surface area contributed by atoms with E-state index in [2.05, 4.69) is 6.92 Å². The van der Waals surface area contributed by atoms with Crippen LogP contribution in [0, 0.1) is 5.92 Å². The SMILES string of the molecule is CC.CC(CN)CCC(O)=C1CCC1. The lowest BCUT2D eigenvalue weighted by molar-refractivity contribution is 0.348. The number of rotatable bonds is 4. The highest BCUT2D eigenvalue weighted by atomic mass is 16.3. The van der Waals surface area contributed by atoms with Crippen LogP contribution in [-0.4, -0.2) is 11.7 Å². The van der Waals surface area contributed by atoms with Gasteiger partial charge in [-0.15, -0.1) is 0 Å².